The van der Waals surface area contributed by atoms with Gasteiger partial charge in [-0.3, -0.25) is 10.5 Å². The molecule has 1 heterocycles. The maximum Gasteiger partial charge on any atom is 0.333 e. The van der Waals surface area contributed by atoms with Crippen molar-refractivity contribution in [3.05, 3.63) is 29.9 Å². The highest BCUT2D eigenvalue weighted by molar-refractivity contribution is 5.79. The Bertz CT molecular complexity index is 584. The highest BCUT2D eigenvalue weighted by atomic mass is 16.2. The van der Waals surface area contributed by atoms with Crippen molar-refractivity contribution in [2.24, 2.45) is 0 Å². The lowest BCUT2D eigenvalue weighted by atomic mass is 9.93. The second kappa shape index (κ2) is 10.1. The molecule has 0 aliphatic heterocycles. The van der Waals surface area contributed by atoms with Gasteiger partial charge in [0, 0.05) is 29.8 Å². The SMILES string of the molecule is CCCCCCCC(=O)NC(/C=C/C([NH3+])=O)c1ncc(C(C)(C)C)[nH]1. The molecule has 25 heavy (non-hydrogen) atoms. The molecule has 0 aromatic carbocycles. The number of H-pyrrole nitrogens is 1. The lowest BCUT2D eigenvalue weighted by molar-refractivity contribution is -0.297. The summed E-state index contributed by atoms with van der Waals surface area (Å²) >= 11 is 0. The molecule has 1 aromatic heterocycles. The van der Waals surface area contributed by atoms with Crippen LogP contribution in [0.15, 0.2) is 18.3 Å². The number of carbonyl (C=O) groups excluding carboxylic acids is 2. The highest BCUT2D eigenvalue weighted by Gasteiger charge is 2.20. The van der Waals surface area contributed by atoms with Crippen molar-refractivity contribution in [1.29, 1.82) is 0 Å². The highest BCUT2D eigenvalue weighted by Crippen LogP contribution is 2.22. The summed E-state index contributed by atoms with van der Waals surface area (Å²) in [4.78, 5) is 31.0. The number of amides is 2. The first-order chi connectivity index (χ1) is 11.7. The molecule has 0 spiro atoms. The van der Waals surface area contributed by atoms with Gasteiger partial charge in [0.05, 0.1) is 0 Å². The average Bonchev–Trinajstić information content (AvgIpc) is 3.01. The second-order valence-electron chi connectivity index (χ2n) is 7.47. The van der Waals surface area contributed by atoms with Gasteiger partial charge in [0.25, 0.3) is 0 Å². The summed E-state index contributed by atoms with van der Waals surface area (Å²) in [6.45, 7) is 8.43. The van der Waals surface area contributed by atoms with Gasteiger partial charge in [-0.2, -0.15) is 0 Å². The number of hydrogen-bond donors (Lipinski definition) is 3. The van der Waals surface area contributed by atoms with Crippen molar-refractivity contribution in [2.45, 2.75) is 77.7 Å². The van der Waals surface area contributed by atoms with Crippen LogP contribution in [-0.2, 0) is 15.0 Å². The Morgan fingerprint density at radius 2 is 1.96 bits per heavy atom. The Morgan fingerprint density at radius 3 is 2.52 bits per heavy atom. The van der Waals surface area contributed by atoms with Crippen LogP contribution >= 0.6 is 0 Å². The topological polar surface area (TPSA) is 102 Å². The van der Waals surface area contributed by atoms with Crippen LogP contribution in [-0.4, -0.2) is 21.8 Å². The number of hydrogen-bond acceptors (Lipinski definition) is 3. The fraction of sp³-hybridized carbons (Fsp3) is 0.632. The van der Waals surface area contributed by atoms with Gasteiger partial charge in [0.1, 0.15) is 11.9 Å². The normalized spacial score (nSPS) is 13.2. The molecule has 0 bridgehead atoms. The smallest absolute Gasteiger partial charge is 0.333 e. The second-order valence-corrected chi connectivity index (χ2v) is 7.47. The molecule has 1 rings (SSSR count). The first-order valence-electron chi connectivity index (χ1n) is 9.13. The Kier molecular flexibility index (Phi) is 8.55. The molecule has 0 aliphatic rings. The van der Waals surface area contributed by atoms with Gasteiger partial charge in [-0.05, 0) is 12.5 Å². The summed E-state index contributed by atoms with van der Waals surface area (Å²) in [6, 6.07) is -0.454. The van der Waals surface area contributed by atoms with Crippen LogP contribution in [0, 0.1) is 0 Å². The molecular weight excluding hydrogens is 316 g/mol. The Balaban J connectivity index is 2.72. The summed E-state index contributed by atoms with van der Waals surface area (Å²) in [5, 5.41) is 2.94. The van der Waals surface area contributed by atoms with Crippen molar-refractivity contribution in [3.8, 4) is 0 Å². The minimum absolute atomic E-state index is 0.0311. The van der Waals surface area contributed by atoms with E-state index in [1.807, 2.05) is 0 Å². The van der Waals surface area contributed by atoms with E-state index in [9.17, 15) is 9.59 Å². The predicted molar refractivity (Wildman–Crippen MR) is 98.6 cm³/mol. The lowest BCUT2D eigenvalue weighted by Gasteiger charge is -2.16. The van der Waals surface area contributed by atoms with E-state index in [-0.39, 0.29) is 17.2 Å². The van der Waals surface area contributed by atoms with E-state index in [4.69, 9.17) is 0 Å². The van der Waals surface area contributed by atoms with Gasteiger partial charge in [-0.1, -0.05) is 53.4 Å². The van der Waals surface area contributed by atoms with E-state index in [0.717, 1.165) is 25.0 Å². The van der Waals surface area contributed by atoms with Crippen molar-refractivity contribution < 1.29 is 15.3 Å². The number of carbonyl (C=O) groups is 2. The summed E-state index contributed by atoms with van der Waals surface area (Å²) in [7, 11) is 0. The summed E-state index contributed by atoms with van der Waals surface area (Å²) < 4.78 is 0. The number of aromatic amines is 1. The third kappa shape index (κ3) is 8.12. The molecule has 0 saturated heterocycles. The molecule has 140 valence electrons. The van der Waals surface area contributed by atoms with Gasteiger partial charge in [-0.25, -0.2) is 9.78 Å². The minimum Gasteiger partial charge on any atom is -0.343 e. The standard InChI is InChI=1S/C19H32N4O2/c1-5-6-7-8-9-10-17(25)22-14(11-12-16(20)24)18-21-13-15(23-18)19(2,3)4/h11-14H,5-10H2,1-4H3,(H2,20,24)(H,21,23)(H,22,25)/p+1/b12-11+. The molecule has 0 aliphatic carbocycles. The molecule has 5 N–H and O–H groups in total. The quantitative estimate of drug-likeness (QED) is 0.447. The first-order valence-corrected chi connectivity index (χ1v) is 9.13. The zero-order chi connectivity index (χ0) is 18.9. The number of rotatable bonds is 10. The van der Waals surface area contributed by atoms with Crippen molar-refractivity contribution >= 4 is 11.8 Å². The van der Waals surface area contributed by atoms with Gasteiger partial charge >= 0.3 is 5.91 Å². The van der Waals surface area contributed by atoms with Gasteiger partial charge in [0.2, 0.25) is 5.91 Å². The molecule has 0 saturated carbocycles. The molecule has 2 amide bonds. The Morgan fingerprint density at radius 1 is 1.28 bits per heavy atom. The average molecular weight is 349 g/mol. The molecule has 0 radical (unpaired) electrons. The van der Waals surface area contributed by atoms with E-state index in [1.54, 1.807) is 12.3 Å². The van der Waals surface area contributed by atoms with Crippen LogP contribution in [0.5, 0.6) is 0 Å². The number of quaternary nitrogens is 1. The third-order valence-electron chi connectivity index (χ3n) is 4.00. The van der Waals surface area contributed by atoms with Crippen LogP contribution in [0.2, 0.25) is 0 Å². The van der Waals surface area contributed by atoms with Crippen molar-refractivity contribution in [3.63, 3.8) is 0 Å². The van der Waals surface area contributed by atoms with Gasteiger partial charge in [0.15, 0.2) is 0 Å². The Labute approximate surface area is 150 Å². The maximum absolute atomic E-state index is 12.2. The number of imidazole rings is 1. The molecule has 1 aromatic rings. The van der Waals surface area contributed by atoms with Gasteiger partial charge in [-0.15, -0.1) is 0 Å². The van der Waals surface area contributed by atoms with Crippen molar-refractivity contribution in [2.75, 3.05) is 0 Å². The first kappa shape index (κ1) is 21.1. The fourth-order valence-corrected chi connectivity index (χ4v) is 2.42. The minimum atomic E-state index is -0.454. The Hall–Kier alpha value is -1.95. The number of unbranched alkanes of at least 4 members (excludes halogenated alkanes) is 4. The lowest BCUT2D eigenvalue weighted by Crippen LogP contribution is -2.55. The van der Waals surface area contributed by atoms with E-state index < -0.39 is 6.04 Å². The third-order valence-corrected chi connectivity index (χ3v) is 4.00. The molecule has 1 unspecified atom stereocenters. The van der Waals surface area contributed by atoms with Crippen LogP contribution in [0.25, 0.3) is 0 Å². The molecule has 6 nitrogen and oxygen atoms in total. The summed E-state index contributed by atoms with van der Waals surface area (Å²) in [5.74, 6) is 0.291. The number of nitrogens with one attached hydrogen (secondary N) is 2. The van der Waals surface area contributed by atoms with E-state index in [1.165, 1.54) is 18.9 Å². The number of aromatic nitrogens is 2. The van der Waals surface area contributed by atoms with Gasteiger partial charge < -0.3 is 10.3 Å². The summed E-state index contributed by atoms with van der Waals surface area (Å²) in [6.07, 6.45) is 10.8. The predicted octanol–water partition coefficient (Wildman–Crippen LogP) is 2.55. The van der Waals surface area contributed by atoms with Crippen LogP contribution in [0.3, 0.4) is 0 Å². The molecule has 1 atom stereocenters. The van der Waals surface area contributed by atoms with Crippen LogP contribution < -0.4 is 11.1 Å². The number of nitrogens with zero attached hydrogens (tertiary/aromatic N) is 1. The maximum atomic E-state index is 12.2. The van der Waals surface area contributed by atoms with Crippen LogP contribution in [0.1, 0.15) is 83.8 Å². The van der Waals surface area contributed by atoms with Crippen molar-refractivity contribution in [1.82, 2.24) is 15.3 Å². The zero-order valence-electron chi connectivity index (χ0n) is 16.0. The zero-order valence-corrected chi connectivity index (χ0v) is 16.0. The fourth-order valence-electron chi connectivity index (χ4n) is 2.42. The van der Waals surface area contributed by atoms with E-state index in [0.29, 0.717) is 12.2 Å². The van der Waals surface area contributed by atoms with Crippen LogP contribution in [0.4, 0.5) is 0 Å². The molecular formula is C19H33N4O2+. The monoisotopic (exact) mass is 349 g/mol. The largest absolute Gasteiger partial charge is 0.343 e. The molecule has 0 fully saturated rings. The van der Waals surface area contributed by atoms with E-state index in [2.05, 4.69) is 48.7 Å². The van der Waals surface area contributed by atoms with E-state index >= 15 is 0 Å². The molecule has 6 heteroatoms. The summed E-state index contributed by atoms with van der Waals surface area (Å²) in [5.41, 5.74) is 4.25.